The SMILES string of the molecule is C[Si](=[Zr+2])c1ccccc1.C[Si](=[Zr+2])c1ccccc1.Cc1cc2c(C(C)C)cc(C(C)C)cc2[cH-]1.Cc1cc2c(C(C)C)cc(C(C)C)cc2[cH-]1.Cc1cc2c(C(C)C)cccc2[cH-]1.Cc1cc2c(C(C)C)cccc2[cH-]1.Cl.Cl.Cl.Cl. The molecule has 0 atom stereocenters. The summed E-state index contributed by atoms with van der Waals surface area (Å²) in [4.78, 5) is 0. The van der Waals surface area contributed by atoms with E-state index in [9.17, 15) is 0 Å². The van der Waals surface area contributed by atoms with Gasteiger partial charge in [0.1, 0.15) is 0 Å². The van der Waals surface area contributed by atoms with Crippen molar-refractivity contribution in [3.63, 3.8) is 0 Å². The van der Waals surface area contributed by atoms with Crippen LogP contribution in [0.4, 0.5) is 0 Å². The van der Waals surface area contributed by atoms with Crippen molar-refractivity contribution in [3.8, 4) is 0 Å². The fourth-order valence-electron chi connectivity index (χ4n) is 9.87. The number of benzene rings is 6. The van der Waals surface area contributed by atoms with Gasteiger partial charge in [-0.15, -0.1) is 176 Å². The third-order valence-electron chi connectivity index (χ3n) is 14.1. The van der Waals surface area contributed by atoms with Crippen LogP contribution < -0.4 is 10.4 Å². The van der Waals surface area contributed by atoms with Crippen LogP contribution in [0.15, 0.2) is 170 Å². The zero-order valence-electron chi connectivity index (χ0n) is 51.3. The molecule has 424 valence electrons. The molecular weight excluding hydrogens is 1250 g/mol. The van der Waals surface area contributed by atoms with Crippen LogP contribution in [0.3, 0.4) is 0 Å². The fraction of sp³-hybridized carbons (Fsp3) is 0.333. The molecule has 8 heteroatoms. The number of aryl methyl sites for hydroxylation is 4. The van der Waals surface area contributed by atoms with Crippen molar-refractivity contribution in [1.29, 1.82) is 0 Å². The molecule has 0 aliphatic heterocycles. The van der Waals surface area contributed by atoms with Crippen molar-refractivity contribution in [3.05, 3.63) is 225 Å². The molecule has 80 heavy (non-hydrogen) atoms. The Kier molecular flexibility index (Phi) is 33.9. The zero-order chi connectivity index (χ0) is 56.0. The first kappa shape index (κ1) is 75.1. The van der Waals surface area contributed by atoms with Crippen LogP contribution in [0.1, 0.15) is 174 Å². The summed E-state index contributed by atoms with van der Waals surface area (Å²) in [5, 5.41) is 14.4. The summed E-state index contributed by atoms with van der Waals surface area (Å²) in [6.07, 6.45) is 0. The molecule has 0 spiro atoms. The molecule has 0 aliphatic carbocycles. The minimum atomic E-state index is -0.122. The molecule has 0 N–H and O–H groups in total. The molecule has 0 saturated heterocycles. The van der Waals surface area contributed by atoms with Crippen molar-refractivity contribution >= 4 is 114 Å². The molecule has 10 aromatic rings. The second-order valence-electron chi connectivity index (χ2n) is 23.0. The van der Waals surface area contributed by atoms with Gasteiger partial charge < -0.3 is 0 Å². The average Bonchev–Trinajstić information content (AvgIpc) is 4.17. The molecule has 0 aromatic heterocycles. The quantitative estimate of drug-likeness (QED) is 0.105. The maximum absolute atomic E-state index is 2.39. The summed E-state index contributed by atoms with van der Waals surface area (Å²) in [7, 11) is 0. The average molecular weight is 1340 g/mol. The van der Waals surface area contributed by atoms with Crippen molar-refractivity contribution < 1.29 is 46.7 Å². The van der Waals surface area contributed by atoms with E-state index in [0.29, 0.717) is 35.5 Å². The van der Waals surface area contributed by atoms with Gasteiger partial charge in [-0.1, -0.05) is 168 Å². The Hall–Kier alpha value is -2.88. The Morgan fingerprint density at radius 1 is 0.300 bits per heavy atom. The maximum atomic E-state index is 2.39. The van der Waals surface area contributed by atoms with Crippen molar-refractivity contribution in [2.75, 3.05) is 0 Å². The normalized spacial score (nSPS) is 10.6. The van der Waals surface area contributed by atoms with E-state index >= 15 is 0 Å². The van der Waals surface area contributed by atoms with Crippen molar-refractivity contribution in [2.24, 2.45) is 0 Å². The van der Waals surface area contributed by atoms with E-state index in [4.69, 9.17) is 0 Å². The largest absolute Gasteiger partial charge is 0.165 e. The second kappa shape index (κ2) is 36.1. The van der Waals surface area contributed by atoms with E-state index in [-0.39, 0.29) is 60.5 Å². The van der Waals surface area contributed by atoms with Crippen LogP contribution in [0, 0.1) is 27.7 Å². The summed E-state index contributed by atoms with van der Waals surface area (Å²) >= 11 is 3.38. The van der Waals surface area contributed by atoms with E-state index in [0.717, 1.165) is 0 Å². The van der Waals surface area contributed by atoms with Crippen LogP contribution in [0.5, 0.6) is 0 Å². The molecule has 0 heterocycles. The van der Waals surface area contributed by atoms with Gasteiger partial charge in [0, 0.05) is 0 Å². The monoisotopic (exact) mass is 1330 g/mol. The van der Waals surface area contributed by atoms with Gasteiger partial charge >= 0.3 is 142 Å². The summed E-state index contributed by atoms with van der Waals surface area (Å²) < 4.78 is 0. The summed E-state index contributed by atoms with van der Waals surface area (Å²) in [6, 6.07) is 62.4. The van der Waals surface area contributed by atoms with Gasteiger partial charge in [-0.3, -0.25) is 0 Å². The van der Waals surface area contributed by atoms with Crippen LogP contribution in [0.2, 0.25) is 13.1 Å². The third kappa shape index (κ3) is 21.9. The van der Waals surface area contributed by atoms with Crippen LogP contribution in [0.25, 0.3) is 43.1 Å². The minimum absolute atomic E-state index is 0. The first-order chi connectivity index (χ1) is 35.9. The Labute approximate surface area is 540 Å². The van der Waals surface area contributed by atoms with Gasteiger partial charge in [0.2, 0.25) is 0 Å². The molecule has 0 fully saturated rings. The van der Waals surface area contributed by atoms with E-state index in [2.05, 4.69) is 294 Å². The van der Waals surface area contributed by atoms with E-state index in [1.54, 1.807) is 57.0 Å². The third-order valence-corrected chi connectivity index (χ3v) is 20.8. The van der Waals surface area contributed by atoms with Gasteiger partial charge in [-0.2, -0.15) is 24.3 Å². The van der Waals surface area contributed by atoms with Gasteiger partial charge in [-0.05, 0) is 35.5 Å². The summed E-state index contributed by atoms with van der Waals surface area (Å²) in [6.45, 7) is 40.5. The molecule has 0 saturated carbocycles. The number of rotatable bonds is 8. The Morgan fingerprint density at radius 3 is 0.800 bits per heavy atom. The Balaban J connectivity index is 0.000000481. The van der Waals surface area contributed by atoms with Crippen LogP contribution in [-0.2, 0) is 46.7 Å². The predicted octanol–water partition coefficient (Wildman–Crippen LogP) is 22.0. The number of fused-ring (bicyclic) bond motifs is 4. The van der Waals surface area contributed by atoms with Gasteiger partial charge in [-0.25, -0.2) is 0 Å². The van der Waals surface area contributed by atoms with Crippen LogP contribution >= 0.6 is 49.6 Å². The zero-order valence-corrected chi connectivity index (χ0v) is 61.4. The van der Waals surface area contributed by atoms with Gasteiger partial charge in [0.05, 0.1) is 0 Å². The number of hydrogen-bond donors (Lipinski definition) is 0. The first-order valence-electron chi connectivity index (χ1n) is 27.9. The van der Waals surface area contributed by atoms with Gasteiger partial charge in [0.15, 0.2) is 0 Å². The summed E-state index contributed by atoms with van der Waals surface area (Å²) in [5.74, 6) is 3.65. The topological polar surface area (TPSA) is 0 Å². The molecule has 0 nitrogen and oxygen atoms in total. The number of halogens is 4. The second-order valence-corrected chi connectivity index (χ2v) is 37.7. The molecule has 0 unspecified atom stereocenters. The van der Waals surface area contributed by atoms with E-state index < -0.39 is 0 Å². The molecule has 0 aliphatic rings. The molecule has 0 bridgehead atoms. The molecule has 10 rings (SSSR count). The van der Waals surface area contributed by atoms with Crippen LogP contribution in [-0.4, -0.2) is 10.9 Å². The number of hydrogen-bond acceptors (Lipinski definition) is 0. The standard InChI is InChI=1S/2C16H21.2C13H15.2C7H8Si.4ClH.2Zr/c2*1-10(2)13-8-14-6-12(5)7-16(14)15(9-13)11(3)4;2*1-9(2)12-6-4-5-11-7-10(3)8-13(11)12;2*1-8-7-5-3-2-4-6-7;;;;;;/h2*6-11H,1-5H3;2*4-9H,1-3H3;2*2-6H,1H3;4*1H;;/q4*-1;;;;;;;2*+2. The molecule has 10 aromatic carbocycles. The van der Waals surface area contributed by atoms with E-state index in [1.807, 2.05) is 0 Å². The van der Waals surface area contributed by atoms with Gasteiger partial charge in [0.25, 0.3) is 0 Å². The predicted molar refractivity (Wildman–Crippen MR) is 366 cm³/mol. The smallest absolute Gasteiger partial charge is 0.0306 e. The maximum Gasteiger partial charge on any atom is -0.0306 e. The Bertz CT molecular complexity index is 3210. The Morgan fingerprint density at radius 2 is 0.562 bits per heavy atom. The van der Waals surface area contributed by atoms with Crippen molar-refractivity contribution in [1.82, 2.24) is 0 Å². The molecule has 0 radical (unpaired) electrons. The molecular formula is C72H92Cl4Si2Zr2. The minimum Gasteiger partial charge on any atom is -0.165 e. The van der Waals surface area contributed by atoms with Crippen molar-refractivity contribution in [2.45, 2.75) is 159 Å². The first-order valence-corrected chi connectivity index (χ1v) is 39.3. The summed E-state index contributed by atoms with van der Waals surface area (Å²) in [5.41, 5.74) is 14.1. The van der Waals surface area contributed by atoms with E-state index in [1.165, 1.54) is 98.7 Å². The fourth-order valence-corrected chi connectivity index (χ4v) is 13.7. The molecule has 0 amide bonds.